The molecule has 152 valence electrons. The van der Waals surface area contributed by atoms with E-state index in [1.807, 2.05) is 37.3 Å². The van der Waals surface area contributed by atoms with Gasteiger partial charge in [0, 0.05) is 18.5 Å². The Kier molecular flexibility index (Phi) is 6.77. The molecule has 1 aliphatic rings. The summed E-state index contributed by atoms with van der Waals surface area (Å²) in [6.07, 6.45) is 0.0438. The highest BCUT2D eigenvalue weighted by Gasteiger charge is 2.38. The van der Waals surface area contributed by atoms with Crippen LogP contribution in [-0.4, -0.2) is 47.4 Å². The van der Waals surface area contributed by atoms with Gasteiger partial charge in [-0.2, -0.15) is 0 Å². The number of rotatable bonds is 5. The smallest absolute Gasteiger partial charge is 0.321 e. The number of carbonyl (C=O) groups excluding carboxylic acids is 4. The van der Waals surface area contributed by atoms with Crippen LogP contribution in [0.25, 0.3) is 0 Å². The maximum absolute atomic E-state index is 12.3. The first kappa shape index (κ1) is 21.4. The summed E-state index contributed by atoms with van der Waals surface area (Å²) in [6.45, 7) is 6.89. The maximum atomic E-state index is 12.3. The van der Waals surface area contributed by atoms with Crippen molar-refractivity contribution >= 4 is 23.8 Å². The topological polar surface area (TPSA) is 105 Å². The van der Waals surface area contributed by atoms with E-state index in [0.29, 0.717) is 0 Å². The number of benzene rings is 1. The molecule has 8 nitrogen and oxygen atoms in total. The summed E-state index contributed by atoms with van der Waals surface area (Å²) in [6, 6.07) is 8.73. The molecule has 1 aromatic carbocycles. The molecule has 4 amide bonds. The Bertz CT molecular complexity index is 742. The maximum Gasteiger partial charge on any atom is 0.321 e. The van der Waals surface area contributed by atoms with E-state index in [-0.39, 0.29) is 24.9 Å². The predicted octanol–water partition coefficient (Wildman–Crippen LogP) is 1.76. The molecule has 0 aromatic heterocycles. The molecule has 2 rings (SSSR count). The number of imide groups is 1. The van der Waals surface area contributed by atoms with Crippen LogP contribution in [-0.2, 0) is 19.1 Å². The summed E-state index contributed by atoms with van der Waals surface area (Å²) in [7, 11) is 0. The summed E-state index contributed by atoms with van der Waals surface area (Å²) >= 11 is 0. The van der Waals surface area contributed by atoms with Crippen molar-refractivity contribution in [1.82, 2.24) is 15.5 Å². The molecule has 1 fully saturated rings. The molecule has 2 atom stereocenters. The minimum Gasteiger partial charge on any atom is -0.455 e. The first-order valence-electron chi connectivity index (χ1n) is 9.20. The van der Waals surface area contributed by atoms with Gasteiger partial charge in [-0.15, -0.1) is 0 Å². The van der Waals surface area contributed by atoms with Gasteiger partial charge in [-0.1, -0.05) is 30.3 Å². The highest BCUT2D eigenvalue weighted by atomic mass is 16.5. The predicted molar refractivity (Wildman–Crippen MR) is 102 cm³/mol. The molecular formula is C20H27N3O5. The van der Waals surface area contributed by atoms with Gasteiger partial charge in [0.1, 0.15) is 0 Å². The Morgan fingerprint density at radius 2 is 1.86 bits per heavy atom. The van der Waals surface area contributed by atoms with Crippen molar-refractivity contribution in [1.29, 1.82) is 0 Å². The van der Waals surface area contributed by atoms with Crippen molar-refractivity contribution in [3.05, 3.63) is 35.9 Å². The number of nitrogens with zero attached hydrogens (tertiary/aromatic N) is 1. The summed E-state index contributed by atoms with van der Waals surface area (Å²) in [4.78, 5) is 49.6. The van der Waals surface area contributed by atoms with Crippen LogP contribution in [0.3, 0.4) is 0 Å². The number of nitrogens with one attached hydrogen (secondary N) is 2. The minimum absolute atomic E-state index is 0.0438. The first-order valence-corrected chi connectivity index (χ1v) is 9.20. The van der Waals surface area contributed by atoms with Gasteiger partial charge < -0.3 is 15.0 Å². The zero-order valence-corrected chi connectivity index (χ0v) is 16.7. The van der Waals surface area contributed by atoms with E-state index in [0.717, 1.165) is 5.56 Å². The van der Waals surface area contributed by atoms with E-state index in [9.17, 15) is 19.2 Å². The van der Waals surface area contributed by atoms with E-state index in [4.69, 9.17) is 4.74 Å². The van der Waals surface area contributed by atoms with Crippen LogP contribution in [0.15, 0.2) is 30.3 Å². The lowest BCUT2D eigenvalue weighted by atomic mass is 10.1. The van der Waals surface area contributed by atoms with Crippen LogP contribution >= 0.6 is 0 Å². The average molecular weight is 389 g/mol. The lowest BCUT2D eigenvalue weighted by molar-refractivity contribution is -0.152. The van der Waals surface area contributed by atoms with Gasteiger partial charge >= 0.3 is 12.0 Å². The van der Waals surface area contributed by atoms with Crippen LogP contribution in [0.1, 0.15) is 45.7 Å². The third kappa shape index (κ3) is 6.07. The van der Waals surface area contributed by atoms with Gasteiger partial charge in [0.25, 0.3) is 5.91 Å². The van der Waals surface area contributed by atoms with E-state index in [1.165, 1.54) is 0 Å². The number of ether oxygens (including phenoxy) is 1. The molecule has 0 unspecified atom stereocenters. The highest BCUT2D eigenvalue weighted by molar-refractivity contribution is 5.96. The number of hydrogen-bond acceptors (Lipinski definition) is 5. The molecule has 1 aliphatic heterocycles. The molecule has 2 N–H and O–H groups in total. The van der Waals surface area contributed by atoms with Gasteiger partial charge in [-0.3, -0.25) is 19.7 Å². The van der Waals surface area contributed by atoms with Crippen molar-refractivity contribution in [3.8, 4) is 0 Å². The fraction of sp³-hybridized carbons (Fsp3) is 0.500. The van der Waals surface area contributed by atoms with Crippen molar-refractivity contribution in [3.63, 3.8) is 0 Å². The molecular weight excluding hydrogens is 362 g/mol. The first-order chi connectivity index (χ1) is 13.1. The largest absolute Gasteiger partial charge is 0.455 e. The minimum atomic E-state index is -0.728. The zero-order chi connectivity index (χ0) is 20.9. The Morgan fingerprint density at radius 1 is 1.21 bits per heavy atom. The monoisotopic (exact) mass is 389 g/mol. The Labute approximate surface area is 164 Å². The number of amides is 4. The molecule has 1 heterocycles. The molecule has 8 heteroatoms. The molecule has 0 bridgehead atoms. The van der Waals surface area contributed by atoms with Crippen LogP contribution in [0, 0.1) is 5.92 Å². The Morgan fingerprint density at radius 3 is 2.46 bits per heavy atom. The number of likely N-dealkylation sites (tertiary alicyclic amines) is 1. The summed E-state index contributed by atoms with van der Waals surface area (Å²) in [5.41, 5.74) is 0.485. The molecule has 1 saturated heterocycles. The number of carbonyl (C=O) groups is 4. The molecule has 0 spiro atoms. The van der Waals surface area contributed by atoms with E-state index in [2.05, 4.69) is 10.6 Å². The van der Waals surface area contributed by atoms with Crippen LogP contribution in [0.5, 0.6) is 0 Å². The Hall–Kier alpha value is -2.90. The third-order valence-electron chi connectivity index (χ3n) is 4.33. The average Bonchev–Trinajstić information content (AvgIpc) is 3.00. The molecule has 28 heavy (non-hydrogen) atoms. The number of urea groups is 1. The van der Waals surface area contributed by atoms with Gasteiger partial charge in [-0.05, 0) is 33.3 Å². The van der Waals surface area contributed by atoms with E-state index in [1.54, 1.807) is 25.7 Å². The van der Waals surface area contributed by atoms with Crippen molar-refractivity contribution in [2.24, 2.45) is 5.92 Å². The molecule has 0 aliphatic carbocycles. The van der Waals surface area contributed by atoms with E-state index >= 15 is 0 Å². The van der Waals surface area contributed by atoms with Gasteiger partial charge in [0.15, 0.2) is 6.61 Å². The standard InChI is InChI=1S/C20H27N3O5/c1-13(14-8-6-5-7-9-14)23-11-15(10-17(23)25)18(26)28-12-16(24)21-19(27)22-20(2,3)4/h5-9,13,15H,10-12H2,1-4H3,(H2,21,22,24,27)/t13-,15+/m1/s1. The lowest BCUT2D eigenvalue weighted by Crippen LogP contribution is -2.49. The summed E-state index contributed by atoms with van der Waals surface area (Å²) < 4.78 is 4.99. The quantitative estimate of drug-likeness (QED) is 0.747. The second kappa shape index (κ2) is 8.86. The van der Waals surface area contributed by atoms with Gasteiger partial charge in [-0.25, -0.2) is 4.79 Å². The normalized spacial score (nSPS) is 17.8. The zero-order valence-electron chi connectivity index (χ0n) is 16.7. The second-order valence-corrected chi connectivity index (χ2v) is 7.89. The second-order valence-electron chi connectivity index (χ2n) is 7.89. The Balaban J connectivity index is 1.83. The van der Waals surface area contributed by atoms with Crippen molar-refractivity contribution in [2.45, 2.75) is 45.7 Å². The molecule has 0 saturated carbocycles. The summed E-state index contributed by atoms with van der Waals surface area (Å²) in [5.74, 6) is -2.11. The number of esters is 1. The number of hydrogen-bond donors (Lipinski definition) is 2. The van der Waals surface area contributed by atoms with Crippen LogP contribution in [0.4, 0.5) is 4.79 Å². The fourth-order valence-electron chi connectivity index (χ4n) is 2.96. The lowest BCUT2D eigenvalue weighted by Gasteiger charge is -2.25. The van der Waals surface area contributed by atoms with Crippen molar-refractivity contribution < 1.29 is 23.9 Å². The summed E-state index contributed by atoms with van der Waals surface area (Å²) in [5, 5.41) is 4.67. The van der Waals surface area contributed by atoms with Crippen molar-refractivity contribution in [2.75, 3.05) is 13.2 Å². The SMILES string of the molecule is C[C@H](c1ccccc1)N1C[C@@H](C(=O)OCC(=O)NC(=O)NC(C)(C)C)CC1=O. The van der Waals surface area contributed by atoms with Crippen LogP contribution < -0.4 is 10.6 Å². The fourth-order valence-corrected chi connectivity index (χ4v) is 2.96. The van der Waals surface area contributed by atoms with Gasteiger partial charge in [0.05, 0.1) is 12.0 Å². The molecule has 1 aromatic rings. The highest BCUT2D eigenvalue weighted by Crippen LogP contribution is 2.28. The van der Waals surface area contributed by atoms with E-state index < -0.39 is 36.0 Å². The van der Waals surface area contributed by atoms with Crippen LogP contribution in [0.2, 0.25) is 0 Å². The third-order valence-corrected chi connectivity index (χ3v) is 4.33. The van der Waals surface area contributed by atoms with Gasteiger partial charge in [0.2, 0.25) is 5.91 Å². The molecule has 0 radical (unpaired) electrons.